The van der Waals surface area contributed by atoms with Crippen molar-refractivity contribution in [1.82, 2.24) is 14.9 Å². The first kappa shape index (κ1) is 14.0. The van der Waals surface area contributed by atoms with Crippen LogP contribution in [0.15, 0.2) is 15.7 Å². The summed E-state index contributed by atoms with van der Waals surface area (Å²) in [6, 6.07) is 1.78. The zero-order valence-corrected chi connectivity index (χ0v) is 12.3. The van der Waals surface area contributed by atoms with E-state index in [1.165, 1.54) is 11.3 Å². The molecule has 1 aliphatic rings. The number of hydrogen-bond acceptors (Lipinski definition) is 5. The summed E-state index contributed by atoms with van der Waals surface area (Å²) in [7, 11) is 0.500. The Kier molecular flexibility index (Phi) is 4.39. The molecular formula is C11H19N3O2S2. The molecule has 1 aromatic heterocycles. The first-order valence-corrected chi connectivity index (χ1v) is 8.30. The van der Waals surface area contributed by atoms with Gasteiger partial charge in [0.2, 0.25) is 10.0 Å². The minimum Gasteiger partial charge on any atom is -0.316 e. The van der Waals surface area contributed by atoms with Gasteiger partial charge in [0.25, 0.3) is 0 Å². The largest absolute Gasteiger partial charge is 0.316 e. The highest BCUT2D eigenvalue weighted by atomic mass is 32.2. The van der Waals surface area contributed by atoms with E-state index in [0.717, 1.165) is 25.1 Å². The van der Waals surface area contributed by atoms with Gasteiger partial charge in [-0.05, 0) is 44.1 Å². The van der Waals surface area contributed by atoms with E-state index in [4.69, 9.17) is 0 Å². The van der Waals surface area contributed by atoms with Gasteiger partial charge in [-0.2, -0.15) is 0 Å². The Morgan fingerprint density at radius 3 is 2.94 bits per heavy atom. The van der Waals surface area contributed by atoms with Gasteiger partial charge in [0, 0.05) is 19.1 Å². The Morgan fingerprint density at radius 2 is 2.33 bits per heavy atom. The average molecular weight is 289 g/mol. The van der Waals surface area contributed by atoms with E-state index in [-0.39, 0.29) is 6.04 Å². The molecule has 0 aliphatic carbocycles. The molecule has 2 N–H and O–H groups in total. The summed E-state index contributed by atoms with van der Waals surface area (Å²) in [6.07, 6.45) is 0.879. The molecule has 0 aromatic carbocycles. The van der Waals surface area contributed by atoms with Crippen LogP contribution in [-0.2, 0) is 16.6 Å². The fourth-order valence-corrected chi connectivity index (χ4v) is 4.59. The van der Waals surface area contributed by atoms with Crippen molar-refractivity contribution < 1.29 is 8.42 Å². The normalized spacial score (nSPS) is 21.6. The van der Waals surface area contributed by atoms with E-state index in [1.807, 2.05) is 19.5 Å². The molecule has 102 valence electrons. The Hall–Kier alpha value is -0.470. The number of likely N-dealkylation sites (tertiary alicyclic amines) is 1. The van der Waals surface area contributed by atoms with E-state index in [2.05, 4.69) is 14.9 Å². The molecule has 2 heterocycles. The number of sulfonamides is 1. The van der Waals surface area contributed by atoms with E-state index >= 15 is 0 Å². The molecule has 1 fully saturated rings. The Morgan fingerprint density at radius 1 is 1.56 bits per heavy atom. The lowest BCUT2D eigenvalue weighted by molar-refractivity contribution is 0.407. The van der Waals surface area contributed by atoms with Gasteiger partial charge >= 0.3 is 0 Å². The second-order valence-corrected chi connectivity index (χ2v) is 7.53. The third kappa shape index (κ3) is 3.30. The van der Waals surface area contributed by atoms with Gasteiger partial charge in [0.05, 0.1) is 0 Å². The molecule has 0 bridgehead atoms. The summed E-state index contributed by atoms with van der Waals surface area (Å²) in [4.78, 5) is 2.13. The van der Waals surface area contributed by atoms with Crippen LogP contribution in [0.4, 0.5) is 0 Å². The standard InChI is InChI=1S/C11H19N3O2S2/c1-12-6-9-5-11(17-8-9)18(15,16)13-10-3-4-14(2)7-10/h5,8,10,12-13H,3-4,6-7H2,1-2H3. The zero-order valence-electron chi connectivity index (χ0n) is 10.6. The third-order valence-electron chi connectivity index (χ3n) is 2.99. The van der Waals surface area contributed by atoms with Crippen LogP contribution in [0.2, 0.25) is 0 Å². The third-order valence-corrected chi connectivity index (χ3v) is 6.00. The molecule has 0 spiro atoms. The Bertz CT molecular complexity index is 498. The number of nitrogens with zero attached hydrogens (tertiary/aromatic N) is 1. The number of nitrogens with one attached hydrogen (secondary N) is 2. The summed E-state index contributed by atoms with van der Waals surface area (Å²) in [5, 5.41) is 4.89. The van der Waals surface area contributed by atoms with Crippen molar-refractivity contribution in [2.45, 2.75) is 23.2 Å². The minimum absolute atomic E-state index is 0.0369. The number of rotatable bonds is 5. The summed E-state index contributed by atoms with van der Waals surface area (Å²) in [6.45, 7) is 2.43. The van der Waals surface area contributed by atoms with Crippen molar-refractivity contribution >= 4 is 21.4 Å². The molecular weight excluding hydrogens is 270 g/mol. The van der Waals surface area contributed by atoms with Gasteiger partial charge < -0.3 is 10.2 Å². The topological polar surface area (TPSA) is 61.4 Å². The summed E-state index contributed by atoms with van der Waals surface area (Å²) >= 11 is 1.28. The van der Waals surface area contributed by atoms with Crippen molar-refractivity contribution in [2.75, 3.05) is 27.2 Å². The van der Waals surface area contributed by atoms with Crippen LogP contribution >= 0.6 is 11.3 Å². The highest BCUT2D eigenvalue weighted by Crippen LogP contribution is 2.21. The molecule has 0 saturated carbocycles. The Balaban J connectivity index is 2.05. The van der Waals surface area contributed by atoms with Gasteiger partial charge in [0.1, 0.15) is 4.21 Å². The van der Waals surface area contributed by atoms with Crippen molar-refractivity contribution in [1.29, 1.82) is 0 Å². The van der Waals surface area contributed by atoms with Gasteiger partial charge in [-0.25, -0.2) is 13.1 Å². The quantitative estimate of drug-likeness (QED) is 0.826. The number of likely N-dealkylation sites (N-methyl/N-ethyl adjacent to an activating group) is 1. The molecule has 18 heavy (non-hydrogen) atoms. The van der Waals surface area contributed by atoms with Crippen LogP contribution in [-0.4, -0.2) is 46.5 Å². The van der Waals surface area contributed by atoms with Crippen LogP contribution in [0.25, 0.3) is 0 Å². The van der Waals surface area contributed by atoms with Crippen LogP contribution < -0.4 is 10.0 Å². The van der Waals surface area contributed by atoms with E-state index in [1.54, 1.807) is 6.07 Å². The highest BCUT2D eigenvalue weighted by Gasteiger charge is 2.26. The van der Waals surface area contributed by atoms with Gasteiger partial charge in [-0.1, -0.05) is 0 Å². The second kappa shape index (κ2) is 5.66. The van der Waals surface area contributed by atoms with Crippen molar-refractivity contribution in [3.63, 3.8) is 0 Å². The van der Waals surface area contributed by atoms with Crippen LogP contribution in [0.1, 0.15) is 12.0 Å². The van der Waals surface area contributed by atoms with Gasteiger partial charge in [-0.3, -0.25) is 0 Å². The SMILES string of the molecule is CNCc1csc(S(=O)(=O)NC2CCN(C)C2)c1. The van der Waals surface area contributed by atoms with Crippen molar-refractivity contribution in [3.05, 3.63) is 17.0 Å². The zero-order chi connectivity index (χ0) is 13.2. The van der Waals surface area contributed by atoms with Crippen LogP contribution in [0.5, 0.6) is 0 Å². The fraction of sp³-hybridized carbons (Fsp3) is 0.636. The second-order valence-electron chi connectivity index (χ2n) is 4.67. The molecule has 1 saturated heterocycles. The van der Waals surface area contributed by atoms with Crippen molar-refractivity contribution in [2.24, 2.45) is 0 Å². The average Bonchev–Trinajstić information content (AvgIpc) is 2.88. The summed E-state index contributed by atoms with van der Waals surface area (Å²) in [5.41, 5.74) is 1.01. The number of hydrogen-bond donors (Lipinski definition) is 2. The highest BCUT2D eigenvalue weighted by molar-refractivity contribution is 7.91. The predicted octanol–water partition coefficient (Wildman–Crippen LogP) is 0.450. The molecule has 1 unspecified atom stereocenters. The molecule has 0 radical (unpaired) electrons. The van der Waals surface area contributed by atoms with Crippen molar-refractivity contribution in [3.8, 4) is 0 Å². The summed E-state index contributed by atoms with van der Waals surface area (Å²) < 4.78 is 27.5. The van der Waals surface area contributed by atoms with Gasteiger partial charge in [0.15, 0.2) is 0 Å². The minimum atomic E-state index is -3.35. The fourth-order valence-electron chi connectivity index (χ4n) is 2.10. The number of thiophene rings is 1. The predicted molar refractivity (Wildman–Crippen MR) is 73.3 cm³/mol. The molecule has 0 amide bonds. The lowest BCUT2D eigenvalue weighted by Gasteiger charge is -2.12. The monoisotopic (exact) mass is 289 g/mol. The van der Waals surface area contributed by atoms with E-state index in [0.29, 0.717) is 10.8 Å². The lowest BCUT2D eigenvalue weighted by Crippen LogP contribution is -2.36. The maximum atomic E-state index is 12.2. The smallest absolute Gasteiger partial charge is 0.250 e. The molecule has 1 atom stereocenters. The van der Waals surface area contributed by atoms with E-state index < -0.39 is 10.0 Å². The van der Waals surface area contributed by atoms with Crippen LogP contribution in [0, 0.1) is 0 Å². The molecule has 7 heteroatoms. The summed E-state index contributed by atoms with van der Waals surface area (Å²) in [5.74, 6) is 0. The Labute approximate surface area is 112 Å². The van der Waals surface area contributed by atoms with Crippen LogP contribution in [0.3, 0.4) is 0 Å². The molecule has 2 rings (SSSR count). The maximum absolute atomic E-state index is 12.2. The first-order valence-electron chi connectivity index (χ1n) is 5.94. The van der Waals surface area contributed by atoms with Gasteiger partial charge in [-0.15, -0.1) is 11.3 Å². The molecule has 5 nitrogen and oxygen atoms in total. The maximum Gasteiger partial charge on any atom is 0.250 e. The molecule has 1 aromatic rings. The lowest BCUT2D eigenvalue weighted by atomic mass is 10.3. The van der Waals surface area contributed by atoms with E-state index in [9.17, 15) is 8.42 Å². The molecule has 1 aliphatic heterocycles. The first-order chi connectivity index (χ1) is 8.51.